The van der Waals surface area contributed by atoms with Crippen molar-refractivity contribution < 1.29 is 18.0 Å². The third-order valence-electron chi connectivity index (χ3n) is 2.44. The predicted octanol–water partition coefficient (Wildman–Crippen LogP) is 1.90. The van der Waals surface area contributed by atoms with Crippen molar-refractivity contribution in [3.8, 4) is 0 Å². The molecule has 0 radical (unpaired) electrons. The molecule has 0 saturated heterocycles. The largest absolute Gasteiger partial charge is 0.401 e. The Morgan fingerprint density at radius 1 is 1.29 bits per heavy atom. The summed E-state index contributed by atoms with van der Waals surface area (Å²) in [6, 6.07) is 0. The van der Waals surface area contributed by atoms with Gasteiger partial charge in [-0.3, -0.25) is 4.79 Å². The molecule has 5 heteroatoms. The van der Waals surface area contributed by atoms with Gasteiger partial charge in [-0.25, -0.2) is 0 Å². The molecule has 0 unspecified atom stereocenters. The molecular weight excluding hydrogens is 195 g/mol. The maximum atomic E-state index is 11.7. The second-order valence-electron chi connectivity index (χ2n) is 3.67. The average Bonchev–Trinajstić information content (AvgIpc) is 2.53. The quantitative estimate of drug-likeness (QED) is 0.766. The van der Waals surface area contributed by atoms with E-state index in [1.807, 2.05) is 0 Å². The zero-order valence-electron chi connectivity index (χ0n) is 7.86. The Balaban J connectivity index is 2.15. The summed E-state index contributed by atoms with van der Waals surface area (Å²) < 4.78 is 35.1. The molecule has 2 nitrogen and oxygen atoms in total. The number of Topliss-reactive ketones (excluding diaryl/α,β-unsaturated/α-hetero) is 1. The van der Waals surface area contributed by atoms with E-state index in [9.17, 15) is 18.0 Å². The zero-order chi connectivity index (χ0) is 10.6. The number of rotatable bonds is 4. The number of nitrogens with one attached hydrogen (secondary N) is 1. The molecule has 1 aliphatic rings. The SMILES string of the molecule is O=C(CNCC(F)(F)F)C1CCCC1. The first-order valence-electron chi connectivity index (χ1n) is 4.79. The van der Waals surface area contributed by atoms with E-state index in [-0.39, 0.29) is 18.2 Å². The van der Waals surface area contributed by atoms with Gasteiger partial charge in [0, 0.05) is 5.92 Å². The summed E-state index contributed by atoms with van der Waals surface area (Å²) >= 11 is 0. The first kappa shape index (κ1) is 11.5. The fraction of sp³-hybridized carbons (Fsp3) is 0.889. The molecule has 0 aromatic carbocycles. The van der Waals surface area contributed by atoms with Crippen molar-refractivity contribution in [2.75, 3.05) is 13.1 Å². The standard InChI is InChI=1S/C9H14F3NO/c10-9(11,12)6-13-5-8(14)7-3-1-2-4-7/h7,13H,1-6H2. The van der Waals surface area contributed by atoms with Crippen molar-refractivity contribution >= 4 is 5.78 Å². The molecule has 82 valence electrons. The molecule has 0 heterocycles. The summed E-state index contributed by atoms with van der Waals surface area (Å²) in [6.45, 7) is -1.23. The van der Waals surface area contributed by atoms with Gasteiger partial charge in [0.25, 0.3) is 0 Å². The molecule has 1 rings (SSSR count). The van der Waals surface area contributed by atoms with Gasteiger partial charge in [-0.1, -0.05) is 12.8 Å². The van der Waals surface area contributed by atoms with E-state index in [0.717, 1.165) is 25.7 Å². The Kier molecular flexibility index (Phi) is 3.92. The van der Waals surface area contributed by atoms with Gasteiger partial charge in [-0.2, -0.15) is 13.2 Å². The van der Waals surface area contributed by atoms with Crippen LogP contribution in [0.3, 0.4) is 0 Å². The average molecular weight is 209 g/mol. The van der Waals surface area contributed by atoms with Crippen LogP contribution in [0.1, 0.15) is 25.7 Å². The molecule has 0 bridgehead atoms. The summed E-state index contributed by atoms with van der Waals surface area (Å²) in [4.78, 5) is 11.3. The van der Waals surface area contributed by atoms with Crippen LogP contribution in [0.2, 0.25) is 0 Å². The van der Waals surface area contributed by atoms with E-state index < -0.39 is 12.7 Å². The van der Waals surface area contributed by atoms with Gasteiger partial charge < -0.3 is 5.32 Å². The molecule has 1 saturated carbocycles. The molecule has 1 N–H and O–H groups in total. The monoisotopic (exact) mass is 209 g/mol. The van der Waals surface area contributed by atoms with E-state index in [0.29, 0.717) is 0 Å². The maximum absolute atomic E-state index is 11.7. The number of carbonyl (C=O) groups excluding carboxylic acids is 1. The number of alkyl halides is 3. The summed E-state index contributed by atoms with van der Waals surface area (Å²) in [6.07, 6.45) is -0.500. The minimum absolute atomic E-state index is 0.00395. The number of carbonyl (C=O) groups is 1. The topological polar surface area (TPSA) is 29.1 Å². The lowest BCUT2D eigenvalue weighted by Gasteiger charge is -2.10. The van der Waals surface area contributed by atoms with Crippen molar-refractivity contribution in [2.45, 2.75) is 31.9 Å². The van der Waals surface area contributed by atoms with E-state index in [1.54, 1.807) is 0 Å². The van der Waals surface area contributed by atoms with Crippen molar-refractivity contribution in [3.05, 3.63) is 0 Å². The molecule has 0 amide bonds. The fourth-order valence-corrected chi connectivity index (χ4v) is 1.72. The lowest BCUT2D eigenvalue weighted by molar-refractivity contribution is -0.129. The first-order chi connectivity index (χ1) is 6.49. The molecule has 1 fully saturated rings. The third kappa shape index (κ3) is 4.09. The summed E-state index contributed by atoms with van der Waals surface area (Å²) in [5.74, 6) is -0.0810. The van der Waals surface area contributed by atoms with Crippen LogP contribution in [0, 0.1) is 5.92 Å². The molecule has 14 heavy (non-hydrogen) atoms. The Hall–Kier alpha value is -0.580. The van der Waals surface area contributed by atoms with E-state index >= 15 is 0 Å². The summed E-state index contributed by atoms with van der Waals surface area (Å²) in [5.41, 5.74) is 0. The van der Waals surface area contributed by atoms with Crippen LogP contribution in [-0.2, 0) is 4.79 Å². The molecule has 0 spiro atoms. The molecule has 0 atom stereocenters. The van der Waals surface area contributed by atoms with Gasteiger partial charge in [0.05, 0.1) is 13.1 Å². The Morgan fingerprint density at radius 2 is 1.86 bits per heavy atom. The highest BCUT2D eigenvalue weighted by atomic mass is 19.4. The van der Waals surface area contributed by atoms with Crippen molar-refractivity contribution in [1.82, 2.24) is 5.32 Å². The smallest absolute Gasteiger partial charge is 0.302 e. The van der Waals surface area contributed by atoms with Gasteiger partial charge in [0.2, 0.25) is 0 Å². The highest BCUT2D eigenvalue weighted by Gasteiger charge is 2.28. The van der Waals surface area contributed by atoms with Gasteiger partial charge >= 0.3 is 6.18 Å². The first-order valence-corrected chi connectivity index (χ1v) is 4.79. The molecule has 0 aromatic rings. The number of halogens is 3. The molecular formula is C9H14F3NO. The Bertz CT molecular complexity index is 197. The van der Waals surface area contributed by atoms with E-state index in [2.05, 4.69) is 5.32 Å². The highest BCUT2D eigenvalue weighted by molar-refractivity contribution is 5.83. The molecule has 0 aromatic heterocycles. The van der Waals surface area contributed by atoms with E-state index in [4.69, 9.17) is 0 Å². The van der Waals surface area contributed by atoms with Crippen molar-refractivity contribution in [1.29, 1.82) is 0 Å². The maximum Gasteiger partial charge on any atom is 0.401 e. The van der Waals surface area contributed by atoms with Crippen LogP contribution in [0.15, 0.2) is 0 Å². The Morgan fingerprint density at radius 3 is 2.36 bits per heavy atom. The van der Waals surface area contributed by atoms with E-state index in [1.165, 1.54) is 0 Å². The van der Waals surface area contributed by atoms with Crippen molar-refractivity contribution in [2.24, 2.45) is 5.92 Å². The van der Waals surface area contributed by atoms with Crippen LogP contribution in [0.4, 0.5) is 13.2 Å². The lowest BCUT2D eigenvalue weighted by atomic mass is 10.0. The van der Waals surface area contributed by atoms with Gasteiger partial charge in [0.15, 0.2) is 0 Å². The van der Waals surface area contributed by atoms with Gasteiger partial charge in [-0.05, 0) is 12.8 Å². The normalized spacial score (nSPS) is 18.8. The minimum Gasteiger partial charge on any atom is -0.302 e. The van der Waals surface area contributed by atoms with Crippen LogP contribution >= 0.6 is 0 Å². The summed E-state index contributed by atoms with van der Waals surface area (Å²) in [7, 11) is 0. The summed E-state index contributed by atoms with van der Waals surface area (Å²) in [5, 5.41) is 2.13. The lowest BCUT2D eigenvalue weighted by Crippen LogP contribution is -2.34. The molecule has 1 aliphatic carbocycles. The fourth-order valence-electron chi connectivity index (χ4n) is 1.72. The zero-order valence-corrected chi connectivity index (χ0v) is 7.86. The van der Waals surface area contributed by atoms with Crippen LogP contribution in [0.5, 0.6) is 0 Å². The number of ketones is 1. The number of hydrogen-bond donors (Lipinski definition) is 1. The van der Waals surface area contributed by atoms with Gasteiger partial charge in [0.1, 0.15) is 5.78 Å². The second kappa shape index (κ2) is 4.77. The highest BCUT2D eigenvalue weighted by Crippen LogP contribution is 2.25. The Labute approximate surface area is 80.9 Å². The second-order valence-corrected chi connectivity index (χ2v) is 3.67. The van der Waals surface area contributed by atoms with Crippen LogP contribution < -0.4 is 5.32 Å². The third-order valence-corrected chi connectivity index (χ3v) is 2.44. The predicted molar refractivity (Wildman–Crippen MR) is 45.9 cm³/mol. The van der Waals surface area contributed by atoms with Crippen LogP contribution in [0.25, 0.3) is 0 Å². The van der Waals surface area contributed by atoms with Gasteiger partial charge in [-0.15, -0.1) is 0 Å². The van der Waals surface area contributed by atoms with Crippen molar-refractivity contribution in [3.63, 3.8) is 0 Å². The van der Waals surface area contributed by atoms with Crippen LogP contribution in [-0.4, -0.2) is 25.0 Å². The molecule has 0 aliphatic heterocycles. The minimum atomic E-state index is -4.23. The number of hydrogen-bond acceptors (Lipinski definition) is 2.